The quantitative estimate of drug-likeness (QED) is 0.591. The Balaban J connectivity index is 2.10. The number of carbonyl (C=O) groups is 1. The molecule has 0 amide bonds. The first-order valence-corrected chi connectivity index (χ1v) is 6.62. The first-order chi connectivity index (χ1) is 8.65. The zero-order chi connectivity index (χ0) is 13.1. The molecule has 3 atom stereocenters. The van der Waals surface area contributed by atoms with Crippen molar-refractivity contribution in [3.05, 3.63) is 35.9 Å². The summed E-state index contributed by atoms with van der Waals surface area (Å²) in [5.74, 6) is 0.461. The Morgan fingerprint density at radius 2 is 2.00 bits per heavy atom. The molecular formula is C15H21NO2. The smallest absolute Gasteiger partial charge is 0.325 e. The van der Waals surface area contributed by atoms with Crippen LogP contribution in [-0.2, 0) is 9.53 Å². The normalized spacial score (nSPS) is 26.1. The Kier molecular flexibility index (Phi) is 4.02. The molecule has 1 fully saturated rings. The van der Waals surface area contributed by atoms with Crippen molar-refractivity contribution in [3.63, 3.8) is 0 Å². The molecule has 2 rings (SSSR count). The summed E-state index contributed by atoms with van der Waals surface area (Å²) in [7, 11) is 0. The summed E-state index contributed by atoms with van der Waals surface area (Å²) in [5, 5.41) is 0. The summed E-state index contributed by atoms with van der Waals surface area (Å²) < 4.78 is 5.15. The Bertz CT molecular complexity index is 402. The predicted molar refractivity (Wildman–Crippen MR) is 71.1 cm³/mol. The van der Waals surface area contributed by atoms with Crippen LogP contribution in [0, 0.1) is 5.92 Å². The van der Waals surface area contributed by atoms with Crippen LogP contribution in [0.1, 0.15) is 32.4 Å². The summed E-state index contributed by atoms with van der Waals surface area (Å²) in [6, 6.07) is 10.3. The Morgan fingerprint density at radius 1 is 1.33 bits per heavy atom. The molecule has 0 N–H and O–H groups in total. The largest absolute Gasteiger partial charge is 0.465 e. The average molecular weight is 247 g/mol. The highest BCUT2D eigenvalue weighted by atomic mass is 16.5. The van der Waals surface area contributed by atoms with Gasteiger partial charge in [0, 0.05) is 6.54 Å². The van der Waals surface area contributed by atoms with E-state index < -0.39 is 0 Å². The molecule has 0 spiro atoms. The molecule has 0 saturated carbocycles. The molecule has 0 bridgehead atoms. The van der Waals surface area contributed by atoms with Crippen molar-refractivity contribution >= 4 is 5.97 Å². The standard InChI is InChI=1S/C15H21NO2/c1-4-18-15(17)14-13(16(14)10-11(2)3)12-8-6-5-7-9-12/h5-9,11,13-14H,4,10H2,1-3H3. The molecule has 3 heteroatoms. The maximum absolute atomic E-state index is 11.9. The summed E-state index contributed by atoms with van der Waals surface area (Å²) in [4.78, 5) is 14.1. The lowest BCUT2D eigenvalue weighted by Crippen LogP contribution is -2.18. The van der Waals surface area contributed by atoms with Crippen molar-refractivity contribution in [2.45, 2.75) is 32.9 Å². The van der Waals surface area contributed by atoms with Gasteiger partial charge in [0.15, 0.2) is 0 Å². The minimum atomic E-state index is -0.0907. The van der Waals surface area contributed by atoms with E-state index >= 15 is 0 Å². The van der Waals surface area contributed by atoms with Crippen LogP contribution < -0.4 is 0 Å². The summed E-state index contributed by atoms with van der Waals surface area (Å²) in [6.07, 6.45) is 0. The first-order valence-electron chi connectivity index (χ1n) is 6.62. The molecule has 0 aliphatic carbocycles. The third-order valence-corrected chi connectivity index (χ3v) is 3.17. The molecule has 1 aromatic rings. The average Bonchev–Trinajstić information content (AvgIpc) is 3.03. The fraction of sp³-hybridized carbons (Fsp3) is 0.533. The molecule has 1 aliphatic rings. The van der Waals surface area contributed by atoms with Crippen LogP contribution in [0.15, 0.2) is 30.3 Å². The van der Waals surface area contributed by atoms with E-state index in [0.29, 0.717) is 12.5 Å². The van der Waals surface area contributed by atoms with Crippen molar-refractivity contribution in [3.8, 4) is 0 Å². The lowest BCUT2D eigenvalue weighted by molar-refractivity contribution is -0.143. The minimum Gasteiger partial charge on any atom is -0.465 e. The number of benzene rings is 1. The fourth-order valence-electron chi connectivity index (χ4n) is 2.44. The first kappa shape index (κ1) is 13.1. The predicted octanol–water partition coefficient (Wildman–Crippen LogP) is 2.63. The molecule has 3 nitrogen and oxygen atoms in total. The number of hydrogen-bond acceptors (Lipinski definition) is 3. The van der Waals surface area contributed by atoms with Gasteiger partial charge in [0.2, 0.25) is 0 Å². The van der Waals surface area contributed by atoms with Gasteiger partial charge < -0.3 is 4.74 Å². The Labute approximate surface area is 109 Å². The summed E-state index contributed by atoms with van der Waals surface area (Å²) in [6.45, 7) is 7.57. The number of carbonyl (C=O) groups excluding carboxylic acids is 1. The molecule has 0 radical (unpaired) electrons. The van der Waals surface area contributed by atoms with Crippen molar-refractivity contribution in [2.75, 3.05) is 13.2 Å². The zero-order valence-corrected chi connectivity index (χ0v) is 11.3. The second kappa shape index (κ2) is 5.53. The molecule has 18 heavy (non-hydrogen) atoms. The third kappa shape index (κ3) is 2.72. The molecule has 98 valence electrons. The van der Waals surface area contributed by atoms with E-state index in [1.807, 2.05) is 25.1 Å². The van der Waals surface area contributed by atoms with Gasteiger partial charge in [0.05, 0.1) is 12.6 Å². The number of esters is 1. The van der Waals surface area contributed by atoms with Crippen LogP contribution in [0.25, 0.3) is 0 Å². The summed E-state index contributed by atoms with van der Waals surface area (Å²) in [5.41, 5.74) is 1.20. The topological polar surface area (TPSA) is 29.3 Å². The van der Waals surface area contributed by atoms with Crippen LogP contribution in [-0.4, -0.2) is 30.1 Å². The molecule has 3 unspecified atom stereocenters. The minimum absolute atomic E-state index is 0.0882. The van der Waals surface area contributed by atoms with Gasteiger partial charge in [-0.3, -0.25) is 9.69 Å². The van der Waals surface area contributed by atoms with E-state index in [-0.39, 0.29) is 18.1 Å². The SMILES string of the molecule is CCOC(=O)C1C(c2ccccc2)N1CC(C)C. The van der Waals surface area contributed by atoms with E-state index in [9.17, 15) is 4.79 Å². The maximum Gasteiger partial charge on any atom is 0.325 e. The Hall–Kier alpha value is -1.35. The molecular weight excluding hydrogens is 226 g/mol. The van der Waals surface area contributed by atoms with Crippen molar-refractivity contribution < 1.29 is 9.53 Å². The third-order valence-electron chi connectivity index (χ3n) is 3.17. The second-order valence-corrected chi connectivity index (χ2v) is 5.14. The van der Waals surface area contributed by atoms with Gasteiger partial charge in [-0.25, -0.2) is 0 Å². The summed E-state index contributed by atoms with van der Waals surface area (Å²) >= 11 is 0. The van der Waals surface area contributed by atoms with Crippen LogP contribution >= 0.6 is 0 Å². The fourth-order valence-corrected chi connectivity index (χ4v) is 2.44. The number of rotatable bonds is 5. The van der Waals surface area contributed by atoms with Crippen molar-refractivity contribution in [1.29, 1.82) is 0 Å². The van der Waals surface area contributed by atoms with E-state index in [1.54, 1.807) is 0 Å². The van der Waals surface area contributed by atoms with Crippen molar-refractivity contribution in [2.24, 2.45) is 5.92 Å². The molecule has 1 heterocycles. The van der Waals surface area contributed by atoms with Gasteiger partial charge in [-0.05, 0) is 18.4 Å². The van der Waals surface area contributed by atoms with Crippen molar-refractivity contribution in [1.82, 2.24) is 4.90 Å². The Morgan fingerprint density at radius 3 is 2.56 bits per heavy atom. The number of ether oxygens (including phenoxy) is 1. The van der Waals surface area contributed by atoms with Gasteiger partial charge in [0.25, 0.3) is 0 Å². The maximum atomic E-state index is 11.9. The van der Waals surface area contributed by atoms with Gasteiger partial charge >= 0.3 is 5.97 Å². The van der Waals surface area contributed by atoms with Gasteiger partial charge in [-0.15, -0.1) is 0 Å². The van der Waals surface area contributed by atoms with E-state index in [1.165, 1.54) is 5.56 Å². The second-order valence-electron chi connectivity index (χ2n) is 5.14. The number of hydrogen-bond donors (Lipinski definition) is 0. The van der Waals surface area contributed by atoms with E-state index in [4.69, 9.17) is 4.74 Å². The van der Waals surface area contributed by atoms with E-state index in [0.717, 1.165) is 6.54 Å². The molecule has 1 saturated heterocycles. The lowest BCUT2D eigenvalue weighted by Gasteiger charge is -2.06. The van der Waals surface area contributed by atoms with Gasteiger partial charge in [-0.1, -0.05) is 44.2 Å². The van der Waals surface area contributed by atoms with Crippen LogP contribution in [0.2, 0.25) is 0 Å². The highest BCUT2D eigenvalue weighted by Gasteiger charge is 2.53. The van der Waals surface area contributed by atoms with Gasteiger partial charge in [-0.2, -0.15) is 0 Å². The van der Waals surface area contributed by atoms with E-state index in [2.05, 4.69) is 30.9 Å². The molecule has 1 aliphatic heterocycles. The van der Waals surface area contributed by atoms with Crippen LogP contribution in [0.5, 0.6) is 0 Å². The monoisotopic (exact) mass is 247 g/mol. The van der Waals surface area contributed by atoms with Crippen LogP contribution in [0.4, 0.5) is 0 Å². The molecule has 1 aromatic carbocycles. The highest BCUT2D eigenvalue weighted by Crippen LogP contribution is 2.44. The highest BCUT2D eigenvalue weighted by molar-refractivity contribution is 5.80. The number of nitrogens with zero attached hydrogens (tertiary/aromatic N) is 1. The zero-order valence-electron chi connectivity index (χ0n) is 11.3. The van der Waals surface area contributed by atoms with Crippen LogP contribution in [0.3, 0.4) is 0 Å². The van der Waals surface area contributed by atoms with Gasteiger partial charge in [0.1, 0.15) is 6.04 Å². The molecule has 0 aromatic heterocycles. The lowest BCUT2D eigenvalue weighted by atomic mass is 10.1.